The third-order valence-corrected chi connectivity index (χ3v) is 3.71. The van der Waals surface area contributed by atoms with Gasteiger partial charge >= 0.3 is 5.97 Å². The van der Waals surface area contributed by atoms with Crippen molar-refractivity contribution in [1.29, 1.82) is 0 Å². The van der Waals surface area contributed by atoms with E-state index in [-0.39, 0.29) is 0 Å². The fraction of sp³-hybridized carbons (Fsp3) is 0.714. The molecule has 1 aliphatic heterocycles. The minimum atomic E-state index is -0.815. The second-order valence-corrected chi connectivity index (χ2v) is 5.02. The Bertz CT molecular complexity index is 424. The van der Waals surface area contributed by atoms with Crippen molar-refractivity contribution in [3.8, 4) is 0 Å². The van der Waals surface area contributed by atoms with E-state index < -0.39 is 5.97 Å². The molecule has 0 aromatic carbocycles. The summed E-state index contributed by atoms with van der Waals surface area (Å²) in [5.41, 5.74) is 2.16. The number of carbonyl (C=O) groups is 1. The van der Waals surface area contributed by atoms with Crippen molar-refractivity contribution in [2.24, 2.45) is 0 Å². The zero-order valence-corrected chi connectivity index (χ0v) is 11.1. The number of rotatable bonds is 2. The quantitative estimate of drug-likeness (QED) is 0.877. The Labute approximate surface area is 108 Å². The van der Waals surface area contributed by atoms with Crippen LogP contribution in [0.5, 0.6) is 0 Å². The first-order valence-electron chi connectivity index (χ1n) is 7.06. The summed E-state index contributed by atoms with van der Waals surface area (Å²) in [6.45, 7) is 2.84. The maximum Gasteiger partial charge on any atom is 0.339 e. The molecule has 2 rings (SSSR count). The lowest BCUT2D eigenvalue weighted by Gasteiger charge is -2.11. The average Bonchev–Trinajstić information content (AvgIpc) is 2.72. The van der Waals surface area contributed by atoms with Crippen LogP contribution in [0.4, 0.5) is 0 Å². The molecular weight excluding hydrogens is 228 g/mol. The zero-order chi connectivity index (χ0) is 13.0. The second kappa shape index (κ2) is 6.03. The summed E-state index contributed by atoms with van der Waals surface area (Å²) in [5.74, 6) is -0.815. The van der Waals surface area contributed by atoms with Gasteiger partial charge in [-0.15, -0.1) is 0 Å². The number of hydrogen-bond donors (Lipinski definition) is 1. The molecule has 18 heavy (non-hydrogen) atoms. The third-order valence-electron chi connectivity index (χ3n) is 3.71. The van der Waals surface area contributed by atoms with E-state index in [1.807, 2.05) is 11.6 Å². The molecule has 1 aromatic heterocycles. The van der Waals surface area contributed by atoms with Gasteiger partial charge in [0.2, 0.25) is 0 Å². The molecule has 1 aromatic rings. The van der Waals surface area contributed by atoms with Crippen LogP contribution in [-0.4, -0.2) is 20.9 Å². The molecule has 4 nitrogen and oxygen atoms in total. The lowest BCUT2D eigenvalue weighted by molar-refractivity contribution is 0.0694. The molecular formula is C14H22N2O2. The Kier molecular flexibility index (Phi) is 4.39. The molecule has 1 N–H and O–H groups in total. The van der Waals surface area contributed by atoms with Crippen molar-refractivity contribution in [2.45, 2.75) is 64.8 Å². The normalized spacial score (nSPS) is 17.2. The van der Waals surface area contributed by atoms with E-state index in [1.54, 1.807) is 0 Å². The molecule has 0 atom stereocenters. The Hall–Kier alpha value is -1.32. The van der Waals surface area contributed by atoms with E-state index in [2.05, 4.69) is 5.10 Å². The molecule has 0 unspecified atom stereocenters. The first kappa shape index (κ1) is 13.1. The van der Waals surface area contributed by atoms with Gasteiger partial charge in [-0.3, -0.25) is 4.68 Å². The van der Waals surface area contributed by atoms with Crippen LogP contribution in [0, 0.1) is 0 Å². The first-order chi connectivity index (χ1) is 8.74. The third kappa shape index (κ3) is 2.74. The summed E-state index contributed by atoms with van der Waals surface area (Å²) < 4.78 is 1.95. The number of nitrogens with zero attached hydrogens (tertiary/aromatic N) is 2. The van der Waals surface area contributed by atoms with Crippen molar-refractivity contribution in [3.05, 3.63) is 17.0 Å². The number of hydrogen-bond acceptors (Lipinski definition) is 2. The molecule has 0 fully saturated rings. The van der Waals surface area contributed by atoms with Crippen LogP contribution in [0.15, 0.2) is 0 Å². The van der Waals surface area contributed by atoms with E-state index in [0.717, 1.165) is 37.2 Å². The monoisotopic (exact) mass is 250 g/mol. The van der Waals surface area contributed by atoms with Gasteiger partial charge < -0.3 is 5.11 Å². The highest BCUT2D eigenvalue weighted by molar-refractivity contribution is 5.90. The standard InChI is InChI=1S/C14H22N2O2/c1-2-11-13(14(17)18)12-9-7-5-3-4-6-8-10-16(12)15-11/h2-10H2,1H3,(H,17,18). The van der Waals surface area contributed by atoms with Crippen LogP contribution in [0.2, 0.25) is 0 Å². The van der Waals surface area contributed by atoms with Crippen molar-refractivity contribution >= 4 is 5.97 Å². The molecule has 0 saturated heterocycles. The van der Waals surface area contributed by atoms with Crippen LogP contribution >= 0.6 is 0 Å². The van der Waals surface area contributed by atoms with Gasteiger partial charge in [0.1, 0.15) is 5.56 Å². The predicted octanol–water partition coefficient (Wildman–Crippen LogP) is 3.04. The van der Waals surface area contributed by atoms with Gasteiger partial charge in [0, 0.05) is 6.54 Å². The molecule has 4 heteroatoms. The number of aromatic carboxylic acids is 1. The minimum absolute atomic E-state index is 0.470. The molecule has 2 heterocycles. The Morgan fingerprint density at radius 1 is 1.22 bits per heavy atom. The number of aromatic nitrogens is 2. The molecule has 0 aliphatic carbocycles. The lowest BCUT2D eigenvalue weighted by Crippen LogP contribution is -2.10. The highest BCUT2D eigenvalue weighted by Gasteiger charge is 2.22. The van der Waals surface area contributed by atoms with Crippen LogP contribution < -0.4 is 0 Å². The minimum Gasteiger partial charge on any atom is -0.478 e. The van der Waals surface area contributed by atoms with Crippen molar-refractivity contribution in [3.63, 3.8) is 0 Å². The summed E-state index contributed by atoms with van der Waals surface area (Å²) in [6, 6.07) is 0. The molecule has 0 spiro atoms. The van der Waals surface area contributed by atoms with Crippen LogP contribution in [0.3, 0.4) is 0 Å². The average molecular weight is 250 g/mol. The van der Waals surface area contributed by atoms with Gasteiger partial charge in [-0.05, 0) is 25.7 Å². The van der Waals surface area contributed by atoms with E-state index in [1.165, 1.54) is 25.7 Å². The highest BCUT2D eigenvalue weighted by atomic mass is 16.4. The maximum absolute atomic E-state index is 11.4. The Morgan fingerprint density at radius 3 is 2.56 bits per heavy atom. The predicted molar refractivity (Wildman–Crippen MR) is 70.0 cm³/mol. The van der Waals surface area contributed by atoms with Gasteiger partial charge in [-0.25, -0.2) is 4.79 Å². The molecule has 0 bridgehead atoms. The first-order valence-corrected chi connectivity index (χ1v) is 7.06. The number of fused-ring (bicyclic) bond motifs is 1. The molecule has 0 saturated carbocycles. The number of carboxylic acids is 1. The lowest BCUT2D eigenvalue weighted by atomic mass is 10.0. The number of carboxylic acid groups (broad SMARTS) is 1. The van der Waals surface area contributed by atoms with E-state index in [9.17, 15) is 9.90 Å². The zero-order valence-electron chi connectivity index (χ0n) is 11.1. The molecule has 100 valence electrons. The summed E-state index contributed by atoms with van der Waals surface area (Å²) in [5, 5.41) is 13.9. The van der Waals surface area contributed by atoms with Crippen LogP contribution in [0.1, 0.15) is 67.2 Å². The highest BCUT2D eigenvalue weighted by Crippen LogP contribution is 2.21. The van der Waals surface area contributed by atoms with Crippen LogP contribution in [0.25, 0.3) is 0 Å². The molecule has 0 amide bonds. The van der Waals surface area contributed by atoms with Gasteiger partial charge in [-0.2, -0.15) is 5.10 Å². The van der Waals surface area contributed by atoms with E-state index in [4.69, 9.17) is 0 Å². The fourth-order valence-electron chi connectivity index (χ4n) is 2.75. The van der Waals surface area contributed by atoms with Crippen molar-refractivity contribution in [2.75, 3.05) is 0 Å². The van der Waals surface area contributed by atoms with E-state index in [0.29, 0.717) is 12.0 Å². The molecule has 0 radical (unpaired) electrons. The Balaban J connectivity index is 2.34. The summed E-state index contributed by atoms with van der Waals surface area (Å²) in [4.78, 5) is 11.4. The topological polar surface area (TPSA) is 55.1 Å². The van der Waals surface area contributed by atoms with Crippen molar-refractivity contribution < 1.29 is 9.90 Å². The van der Waals surface area contributed by atoms with Crippen molar-refractivity contribution in [1.82, 2.24) is 9.78 Å². The molecule has 1 aliphatic rings. The fourth-order valence-corrected chi connectivity index (χ4v) is 2.75. The SMILES string of the molecule is CCc1nn2c(c1C(=O)O)CCCCCCCC2. The summed E-state index contributed by atoms with van der Waals surface area (Å²) in [7, 11) is 0. The van der Waals surface area contributed by atoms with Gasteiger partial charge in [0.25, 0.3) is 0 Å². The largest absolute Gasteiger partial charge is 0.478 e. The second-order valence-electron chi connectivity index (χ2n) is 5.02. The summed E-state index contributed by atoms with van der Waals surface area (Å²) in [6.07, 6.45) is 8.73. The maximum atomic E-state index is 11.4. The van der Waals surface area contributed by atoms with E-state index >= 15 is 0 Å². The van der Waals surface area contributed by atoms with Gasteiger partial charge in [0.05, 0.1) is 11.4 Å². The van der Waals surface area contributed by atoms with Crippen LogP contribution in [-0.2, 0) is 19.4 Å². The summed E-state index contributed by atoms with van der Waals surface area (Å²) >= 11 is 0. The number of aryl methyl sites for hydroxylation is 2. The van der Waals surface area contributed by atoms with Gasteiger partial charge in [-0.1, -0.05) is 32.6 Å². The smallest absolute Gasteiger partial charge is 0.339 e. The Morgan fingerprint density at radius 2 is 1.89 bits per heavy atom. The van der Waals surface area contributed by atoms with Gasteiger partial charge in [0.15, 0.2) is 0 Å².